The second-order valence-electron chi connectivity index (χ2n) is 7.29. The molecule has 1 heterocycles. The predicted molar refractivity (Wildman–Crippen MR) is 109 cm³/mol. The van der Waals surface area contributed by atoms with Crippen molar-refractivity contribution in [2.75, 3.05) is 6.61 Å². The fourth-order valence-corrected chi connectivity index (χ4v) is 4.02. The molecule has 1 aliphatic rings. The number of aromatic amines is 1. The molecule has 0 saturated heterocycles. The van der Waals surface area contributed by atoms with Gasteiger partial charge in [0.25, 0.3) is 5.91 Å². The Labute approximate surface area is 163 Å². The molecule has 140 valence electrons. The van der Waals surface area contributed by atoms with Crippen LogP contribution in [0.25, 0.3) is 10.9 Å². The number of aromatic nitrogens is 1. The van der Waals surface area contributed by atoms with Gasteiger partial charge in [-0.1, -0.05) is 29.8 Å². The number of halogens is 1. The van der Waals surface area contributed by atoms with Crippen LogP contribution in [0.2, 0.25) is 5.02 Å². The third-order valence-electron chi connectivity index (χ3n) is 5.24. The number of carbonyl (C=O) groups is 1. The Morgan fingerprint density at radius 1 is 1.26 bits per heavy atom. The molecule has 0 radical (unpaired) electrons. The highest BCUT2D eigenvalue weighted by Gasteiger charge is 2.23. The molecule has 1 unspecified atom stereocenters. The van der Waals surface area contributed by atoms with E-state index >= 15 is 0 Å². The van der Waals surface area contributed by atoms with Crippen LogP contribution in [-0.4, -0.2) is 23.5 Å². The fourth-order valence-electron chi connectivity index (χ4n) is 3.91. The van der Waals surface area contributed by atoms with Gasteiger partial charge in [-0.05, 0) is 61.6 Å². The SMILES string of the molecule is Cc1cc(OCC(=O)NC2CCc3c([nH]c4ccccc34)C2)cc(C)c1Cl. The zero-order valence-corrected chi connectivity index (χ0v) is 16.3. The summed E-state index contributed by atoms with van der Waals surface area (Å²) >= 11 is 6.17. The highest BCUT2D eigenvalue weighted by atomic mass is 35.5. The lowest BCUT2D eigenvalue weighted by Crippen LogP contribution is -2.41. The van der Waals surface area contributed by atoms with Gasteiger partial charge in [0.1, 0.15) is 5.75 Å². The van der Waals surface area contributed by atoms with E-state index in [0.29, 0.717) is 5.75 Å². The first kappa shape index (κ1) is 17.9. The van der Waals surface area contributed by atoms with Gasteiger partial charge in [0.05, 0.1) is 0 Å². The summed E-state index contributed by atoms with van der Waals surface area (Å²) in [4.78, 5) is 15.8. The van der Waals surface area contributed by atoms with E-state index in [0.717, 1.165) is 35.4 Å². The lowest BCUT2D eigenvalue weighted by molar-refractivity contribution is -0.123. The van der Waals surface area contributed by atoms with Crippen LogP contribution < -0.4 is 10.1 Å². The third kappa shape index (κ3) is 3.67. The van der Waals surface area contributed by atoms with E-state index in [-0.39, 0.29) is 18.6 Å². The number of hydrogen-bond donors (Lipinski definition) is 2. The summed E-state index contributed by atoms with van der Waals surface area (Å²) < 4.78 is 5.66. The second kappa shape index (κ2) is 7.28. The highest BCUT2D eigenvalue weighted by Crippen LogP contribution is 2.29. The summed E-state index contributed by atoms with van der Waals surface area (Å²) in [7, 11) is 0. The predicted octanol–water partition coefficient (Wildman–Crippen LogP) is 4.49. The van der Waals surface area contributed by atoms with E-state index in [1.54, 1.807) is 0 Å². The summed E-state index contributed by atoms with van der Waals surface area (Å²) in [5, 5.41) is 5.14. The van der Waals surface area contributed by atoms with Crippen molar-refractivity contribution >= 4 is 28.4 Å². The van der Waals surface area contributed by atoms with Gasteiger partial charge in [0.15, 0.2) is 6.61 Å². The molecule has 2 N–H and O–H groups in total. The molecule has 2 aromatic carbocycles. The van der Waals surface area contributed by atoms with Crippen LogP contribution >= 0.6 is 11.6 Å². The molecule has 1 amide bonds. The molecule has 1 atom stereocenters. The molecule has 0 fully saturated rings. The Hall–Kier alpha value is -2.46. The number of fused-ring (bicyclic) bond motifs is 3. The molecule has 1 aliphatic carbocycles. The van der Waals surface area contributed by atoms with Crippen LogP contribution in [0, 0.1) is 13.8 Å². The summed E-state index contributed by atoms with van der Waals surface area (Å²) in [5.74, 6) is 0.580. The van der Waals surface area contributed by atoms with Crippen molar-refractivity contribution in [3.05, 3.63) is 63.8 Å². The molecule has 0 aliphatic heterocycles. The molecule has 0 bridgehead atoms. The van der Waals surface area contributed by atoms with Crippen LogP contribution in [0.15, 0.2) is 36.4 Å². The van der Waals surface area contributed by atoms with Crippen molar-refractivity contribution in [3.63, 3.8) is 0 Å². The van der Waals surface area contributed by atoms with Crippen LogP contribution in [0.4, 0.5) is 0 Å². The van der Waals surface area contributed by atoms with Gasteiger partial charge >= 0.3 is 0 Å². The van der Waals surface area contributed by atoms with Crippen LogP contribution in [-0.2, 0) is 17.6 Å². The molecule has 0 saturated carbocycles. The standard InChI is InChI=1S/C22H23ClN2O2/c1-13-9-16(10-14(2)22(13)23)27-12-21(26)24-15-7-8-18-17-5-3-4-6-19(17)25-20(18)11-15/h3-6,9-10,15,25H,7-8,11-12H2,1-2H3,(H,24,26). The Morgan fingerprint density at radius 3 is 2.78 bits per heavy atom. The summed E-state index contributed by atoms with van der Waals surface area (Å²) in [6.45, 7) is 3.88. The number of amides is 1. The van der Waals surface area contributed by atoms with Crippen molar-refractivity contribution in [1.29, 1.82) is 0 Å². The zero-order valence-electron chi connectivity index (χ0n) is 15.6. The maximum absolute atomic E-state index is 12.3. The number of ether oxygens (including phenoxy) is 1. The first-order valence-corrected chi connectivity index (χ1v) is 9.66. The Balaban J connectivity index is 1.36. The van der Waals surface area contributed by atoms with Crippen molar-refractivity contribution in [2.45, 2.75) is 39.2 Å². The topological polar surface area (TPSA) is 54.1 Å². The van der Waals surface area contributed by atoms with E-state index in [2.05, 4.69) is 28.5 Å². The van der Waals surface area contributed by atoms with Gasteiger partial charge < -0.3 is 15.0 Å². The normalized spacial score (nSPS) is 16.2. The lowest BCUT2D eigenvalue weighted by atomic mass is 9.92. The average Bonchev–Trinajstić information content (AvgIpc) is 3.02. The molecule has 4 nitrogen and oxygen atoms in total. The first-order chi connectivity index (χ1) is 13.0. The number of aryl methyl sites for hydroxylation is 3. The highest BCUT2D eigenvalue weighted by molar-refractivity contribution is 6.32. The third-order valence-corrected chi connectivity index (χ3v) is 5.84. The zero-order chi connectivity index (χ0) is 19.0. The van der Waals surface area contributed by atoms with E-state index < -0.39 is 0 Å². The smallest absolute Gasteiger partial charge is 0.258 e. The molecule has 3 aromatic rings. The van der Waals surface area contributed by atoms with Crippen molar-refractivity contribution in [1.82, 2.24) is 10.3 Å². The molecule has 1 aromatic heterocycles. The second-order valence-corrected chi connectivity index (χ2v) is 7.67. The molecule has 4 rings (SSSR count). The van der Waals surface area contributed by atoms with Crippen LogP contribution in [0.1, 0.15) is 28.8 Å². The molecule has 0 spiro atoms. The van der Waals surface area contributed by atoms with Crippen molar-refractivity contribution < 1.29 is 9.53 Å². The average molecular weight is 383 g/mol. The minimum absolute atomic E-state index is 0.0105. The van der Waals surface area contributed by atoms with Crippen molar-refractivity contribution in [2.24, 2.45) is 0 Å². The van der Waals surface area contributed by atoms with E-state index in [1.807, 2.05) is 32.0 Å². The van der Waals surface area contributed by atoms with E-state index in [9.17, 15) is 4.79 Å². The monoisotopic (exact) mass is 382 g/mol. The molecule has 27 heavy (non-hydrogen) atoms. The number of H-pyrrole nitrogens is 1. The number of benzene rings is 2. The van der Waals surface area contributed by atoms with Gasteiger partial charge in [0.2, 0.25) is 0 Å². The van der Waals surface area contributed by atoms with Gasteiger partial charge in [-0.2, -0.15) is 0 Å². The number of nitrogens with one attached hydrogen (secondary N) is 2. The summed E-state index contributed by atoms with van der Waals surface area (Å²) in [6, 6.07) is 12.2. The number of hydrogen-bond acceptors (Lipinski definition) is 2. The van der Waals surface area contributed by atoms with E-state index in [4.69, 9.17) is 16.3 Å². The maximum Gasteiger partial charge on any atom is 0.258 e. The Morgan fingerprint density at radius 2 is 2.00 bits per heavy atom. The minimum atomic E-state index is -0.0928. The molecular formula is C22H23ClN2O2. The van der Waals surface area contributed by atoms with Gasteiger partial charge in [-0.15, -0.1) is 0 Å². The maximum atomic E-state index is 12.3. The quantitative estimate of drug-likeness (QED) is 0.698. The summed E-state index contributed by atoms with van der Waals surface area (Å²) in [5.41, 5.74) is 5.69. The fraction of sp³-hybridized carbons (Fsp3) is 0.318. The molecular weight excluding hydrogens is 360 g/mol. The largest absolute Gasteiger partial charge is 0.484 e. The number of carbonyl (C=O) groups excluding carboxylic acids is 1. The van der Waals surface area contributed by atoms with Crippen LogP contribution in [0.5, 0.6) is 5.75 Å². The van der Waals surface area contributed by atoms with Gasteiger partial charge in [-0.25, -0.2) is 0 Å². The molecule has 5 heteroatoms. The number of para-hydroxylation sites is 1. The van der Waals surface area contributed by atoms with Crippen LogP contribution in [0.3, 0.4) is 0 Å². The minimum Gasteiger partial charge on any atom is -0.484 e. The van der Waals surface area contributed by atoms with Crippen molar-refractivity contribution in [3.8, 4) is 5.75 Å². The first-order valence-electron chi connectivity index (χ1n) is 9.28. The summed E-state index contributed by atoms with van der Waals surface area (Å²) in [6.07, 6.45) is 2.75. The van der Waals surface area contributed by atoms with Gasteiger partial charge in [0, 0.05) is 34.1 Å². The number of rotatable bonds is 4. The van der Waals surface area contributed by atoms with E-state index in [1.165, 1.54) is 22.2 Å². The lowest BCUT2D eigenvalue weighted by Gasteiger charge is -2.23. The Bertz CT molecular complexity index is 986. The van der Waals surface area contributed by atoms with Gasteiger partial charge in [-0.3, -0.25) is 4.79 Å². The Kier molecular flexibility index (Phi) is 4.83.